The second-order valence-electron chi connectivity index (χ2n) is 5.59. The molecule has 1 aliphatic rings. The number of carbonyl (C=O) groups is 1. The van der Waals surface area contributed by atoms with Crippen molar-refractivity contribution >= 4 is 11.7 Å². The summed E-state index contributed by atoms with van der Waals surface area (Å²) >= 11 is 0. The average molecular weight is 277 g/mol. The average Bonchev–Trinajstić information content (AvgIpc) is 2.47. The normalized spacial score (nSPS) is 16.7. The number of urea groups is 1. The van der Waals surface area contributed by atoms with Gasteiger partial charge >= 0.3 is 6.03 Å². The number of carbonyl (C=O) groups excluding carboxylic acids is 1. The van der Waals surface area contributed by atoms with E-state index >= 15 is 0 Å². The summed E-state index contributed by atoms with van der Waals surface area (Å²) in [6, 6.07) is 9.28. The van der Waals surface area contributed by atoms with Crippen molar-refractivity contribution in [3.63, 3.8) is 0 Å². The number of anilines is 1. The molecule has 1 aliphatic heterocycles. The third kappa shape index (κ3) is 4.21. The van der Waals surface area contributed by atoms with Crippen molar-refractivity contribution in [3.8, 4) is 0 Å². The molecular weight excluding hydrogens is 254 g/mol. The highest BCUT2D eigenvalue weighted by Crippen LogP contribution is 2.15. The van der Waals surface area contributed by atoms with Crippen LogP contribution in [0.2, 0.25) is 0 Å². The molecule has 5 nitrogen and oxygen atoms in total. The number of hydrogen-bond donors (Lipinski definition) is 2. The quantitative estimate of drug-likeness (QED) is 0.884. The summed E-state index contributed by atoms with van der Waals surface area (Å²) in [5.41, 5.74) is 0.729. The molecule has 0 atom stereocenters. The smallest absolute Gasteiger partial charge is 0.319 e. The molecule has 0 aliphatic carbocycles. The highest BCUT2D eigenvalue weighted by Gasteiger charge is 2.28. The second-order valence-corrected chi connectivity index (χ2v) is 5.59. The largest absolute Gasteiger partial charge is 0.379 e. The number of nitrogens with zero attached hydrogens (tertiary/aromatic N) is 1. The Labute approximate surface area is 120 Å². The third-order valence-corrected chi connectivity index (χ3v) is 3.58. The lowest BCUT2D eigenvalue weighted by Gasteiger charge is -2.40. The van der Waals surface area contributed by atoms with Crippen LogP contribution in [-0.2, 0) is 4.74 Å². The van der Waals surface area contributed by atoms with E-state index in [-0.39, 0.29) is 11.6 Å². The molecule has 0 radical (unpaired) electrons. The summed E-state index contributed by atoms with van der Waals surface area (Å²) in [7, 11) is 0. The van der Waals surface area contributed by atoms with Crippen LogP contribution < -0.4 is 10.6 Å². The highest BCUT2D eigenvalue weighted by atomic mass is 16.5. The van der Waals surface area contributed by atoms with Gasteiger partial charge in [0.25, 0.3) is 0 Å². The molecular formula is C15H23N3O2. The maximum atomic E-state index is 11.9. The molecule has 0 spiro atoms. The molecule has 2 rings (SSSR count). The number of benzene rings is 1. The van der Waals surface area contributed by atoms with E-state index in [2.05, 4.69) is 29.4 Å². The van der Waals surface area contributed by atoms with E-state index in [0.717, 1.165) is 32.0 Å². The van der Waals surface area contributed by atoms with Gasteiger partial charge in [-0.2, -0.15) is 0 Å². The van der Waals surface area contributed by atoms with Crippen LogP contribution >= 0.6 is 0 Å². The molecule has 0 unspecified atom stereocenters. The monoisotopic (exact) mass is 277 g/mol. The molecule has 0 aromatic heterocycles. The molecule has 5 heteroatoms. The summed E-state index contributed by atoms with van der Waals surface area (Å²) in [5, 5.41) is 5.76. The predicted octanol–water partition coefficient (Wildman–Crippen LogP) is 1.92. The zero-order chi connectivity index (χ0) is 14.4. The molecule has 20 heavy (non-hydrogen) atoms. The highest BCUT2D eigenvalue weighted by molar-refractivity contribution is 5.89. The fourth-order valence-corrected chi connectivity index (χ4v) is 2.27. The molecule has 1 aromatic carbocycles. The Balaban J connectivity index is 1.80. The number of para-hydroxylation sites is 1. The summed E-state index contributed by atoms with van der Waals surface area (Å²) < 4.78 is 5.36. The molecule has 1 saturated heterocycles. The molecule has 110 valence electrons. The minimum absolute atomic E-state index is 0.0716. The van der Waals surface area contributed by atoms with E-state index in [4.69, 9.17) is 4.74 Å². The lowest BCUT2D eigenvalue weighted by molar-refractivity contribution is -0.00863. The Hall–Kier alpha value is -1.59. The summed E-state index contributed by atoms with van der Waals surface area (Å²) in [6.45, 7) is 8.23. The van der Waals surface area contributed by atoms with Crippen LogP contribution in [0.5, 0.6) is 0 Å². The second kappa shape index (κ2) is 6.72. The summed E-state index contributed by atoms with van der Waals surface area (Å²) in [4.78, 5) is 14.2. The van der Waals surface area contributed by atoms with Crippen LogP contribution in [0.15, 0.2) is 30.3 Å². The van der Waals surface area contributed by atoms with E-state index < -0.39 is 0 Å². The third-order valence-electron chi connectivity index (χ3n) is 3.58. The van der Waals surface area contributed by atoms with Crippen molar-refractivity contribution in [2.45, 2.75) is 19.4 Å². The van der Waals surface area contributed by atoms with Gasteiger partial charge in [-0.05, 0) is 26.0 Å². The lowest BCUT2D eigenvalue weighted by atomic mass is 10.0. The van der Waals surface area contributed by atoms with Gasteiger partial charge in [0, 0.05) is 30.9 Å². The first-order chi connectivity index (χ1) is 9.58. The molecule has 1 aromatic rings. The van der Waals surface area contributed by atoms with Crippen molar-refractivity contribution in [2.75, 3.05) is 38.2 Å². The zero-order valence-corrected chi connectivity index (χ0v) is 12.2. The van der Waals surface area contributed by atoms with Gasteiger partial charge < -0.3 is 15.4 Å². The lowest BCUT2D eigenvalue weighted by Crippen LogP contribution is -2.55. The van der Waals surface area contributed by atoms with Gasteiger partial charge in [0.15, 0.2) is 0 Å². The van der Waals surface area contributed by atoms with Gasteiger partial charge in [-0.1, -0.05) is 18.2 Å². The first-order valence-corrected chi connectivity index (χ1v) is 7.01. The van der Waals surface area contributed by atoms with Crippen LogP contribution in [0.3, 0.4) is 0 Å². The van der Waals surface area contributed by atoms with Crippen LogP contribution in [-0.4, -0.2) is 49.3 Å². The number of ether oxygens (including phenoxy) is 1. The Kier molecular flexibility index (Phi) is 4.98. The van der Waals surface area contributed by atoms with Crippen molar-refractivity contribution < 1.29 is 9.53 Å². The van der Waals surface area contributed by atoms with Crippen LogP contribution in [0.25, 0.3) is 0 Å². The minimum atomic E-state index is -0.169. The number of hydrogen-bond acceptors (Lipinski definition) is 3. The van der Waals surface area contributed by atoms with E-state index in [1.807, 2.05) is 30.3 Å². The van der Waals surface area contributed by atoms with E-state index in [0.29, 0.717) is 6.54 Å². The predicted molar refractivity (Wildman–Crippen MR) is 79.9 cm³/mol. The number of amides is 2. The minimum Gasteiger partial charge on any atom is -0.379 e. The van der Waals surface area contributed by atoms with E-state index in [9.17, 15) is 4.79 Å². The fraction of sp³-hybridized carbons (Fsp3) is 0.533. The number of rotatable bonds is 4. The van der Waals surface area contributed by atoms with Gasteiger partial charge in [-0.3, -0.25) is 4.90 Å². The Morgan fingerprint density at radius 2 is 1.90 bits per heavy atom. The molecule has 2 amide bonds. The SMILES string of the molecule is CC(C)(CNC(=O)Nc1ccccc1)N1CCOCC1. The number of morpholine rings is 1. The topological polar surface area (TPSA) is 53.6 Å². The molecule has 1 fully saturated rings. The summed E-state index contributed by atoms with van der Waals surface area (Å²) in [5.74, 6) is 0. The van der Waals surface area contributed by atoms with Gasteiger partial charge in [0.1, 0.15) is 0 Å². The Morgan fingerprint density at radius 3 is 2.55 bits per heavy atom. The van der Waals surface area contributed by atoms with Crippen LogP contribution in [0.4, 0.5) is 10.5 Å². The van der Waals surface area contributed by atoms with Crippen molar-refractivity contribution in [2.24, 2.45) is 0 Å². The fourth-order valence-electron chi connectivity index (χ4n) is 2.27. The zero-order valence-electron chi connectivity index (χ0n) is 12.2. The molecule has 0 saturated carbocycles. The standard InChI is InChI=1S/C15H23N3O2/c1-15(2,18-8-10-20-11-9-18)12-16-14(19)17-13-6-4-3-5-7-13/h3-7H,8-12H2,1-2H3,(H2,16,17,19). The summed E-state index contributed by atoms with van der Waals surface area (Å²) in [6.07, 6.45) is 0. The number of nitrogens with one attached hydrogen (secondary N) is 2. The van der Waals surface area contributed by atoms with Crippen molar-refractivity contribution in [1.82, 2.24) is 10.2 Å². The Bertz CT molecular complexity index is 428. The first kappa shape index (κ1) is 14.8. The van der Waals surface area contributed by atoms with Gasteiger partial charge in [-0.25, -0.2) is 4.79 Å². The van der Waals surface area contributed by atoms with Gasteiger partial charge in [0.05, 0.1) is 13.2 Å². The van der Waals surface area contributed by atoms with Gasteiger partial charge in [-0.15, -0.1) is 0 Å². The maximum Gasteiger partial charge on any atom is 0.319 e. The van der Waals surface area contributed by atoms with Crippen molar-refractivity contribution in [3.05, 3.63) is 30.3 Å². The maximum absolute atomic E-state index is 11.9. The molecule has 1 heterocycles. The van der Waals surface area contributed by atoms with E-state index in [1.54, 1.807) is 0 Å². The van der Waals surface area contributed by atoms with Crippen LogP contribution in [0.1, 0.15) is 13.8 Å². The Morgan fingerprint density at radius 1 is 1.25 bits per heavy atom. The van der Waals surface area contributed by atoms with Crippen LogP contribution in [0, 0.1) is 0 Å². The first-order valence-electron chi connectivity index (χ1n) is 7.01. The molecule has 0 bridgehead atoms. The van der Waals surface area contributed by atoms with E-state index in [1.165, 1.54) is 0 Å². The van der Waals surface area contributed by atoms with Gasteiger partial charge in [0.2, 0.25) is 0 Å². The molecule has 2 N–H and O–H groups in total. The van der Waals surface area contributed by atoms with Crippen molar-refractivity contribution in [1.29, 1.82) is 0 Å².